The van der Waals surface area contributed by atoms with Crippen LogP contribution in [-0.2, 0) is 20.0 Å². The highest BCUT2D eigenvalue weighted by atomic mass is 35.5. The van der Waals surface area contributed by atoms with Crippen molar-refractivity contribution in [2.45, 2.75) is 32.0 Å². The minimum absolute atomic E-state index is 0.285. The second-order valence-electron chi connectivity index (χ2n) is 4.78. The van der Waals surface area contributed by atoms with Crippen LogP contribution in [0.2, 0.25) is 10.0 Å². The molecule has 0 atom stereocenters. The number of ether oxygens (including phenoxy) is 3. The third kappa shape index (κ3) is 4.10. The maximum Gasteiger partial charge on any atom is 0.196 e. The van der Waals surface area contributed by atoms with Crippen molar-refractivity contribution < 1.29 is 14.2 Å². The van der Waals surface area contributed by atoms with E-state index in [0.717, 1.165) is 12.0 Å². The van der Waals surface area contributed by atoms with Gasteiger partial charge in [0, 0.05) is 23.4 Å². The Kier molecular flexibility index (Phi) is 5.88. The van der Waals surface area contributed by atoms with Crippen LogP contribution in [0.5, 0.6) is 0 Å². The molecule has 1 fully saturated rings. The van der Waals surface area contributed by atoms with Gasteiger partial charge in [-0.1, -0.05) is 29.3 Å². The summed E-state index contributed by atoms with van der Waals surface area (Å²) in [7, 11) is 0. The summed E-state index contributed by atoms with van der Waals surface area (Å²) in [4.78, 5) is 0. The molecule has 1 aromatic carbocycles. The lowest BCUT2D eigenvalue weighted by Crippen LogP contribution is -2.28. The second kappa shape index (κ2) is 7.45. The zero-order valence-electron chi connectivity index (χ0n) is 12.0. The van der Waals surface area contributed by atoms with Gasteiger partial charge < -0.3 is 14.2 Å². The fraction of sp³-hybridized carbons (Fsp3) is 0.533. The summed E-state index contributed by atoms with van der Waals surface area (Å²) in [5, 5.41) is 8.76. The van der Waals surface area contributed by atoms with E-state index in [0.29, 0.717) is 42.7 Å². The first kappa shape index (κ1) is 16.6. The van der Waals surface area contributed by atoms with Crippen LogP contribution in [0, 0.1) is 5.41 Å². The summed E-state index contributed by atoms with van der Waals surface area (Å²) in [6.07, 6.45) is 1.88. The highest BCUT2D eigenvalue weighted by molar-refractivity contribution is 6.35. The van der Waals surface area contributed by atoms with E-state index in [1.807, 2.05) is 13.0 Å². The molecule has 1 aliphatic heterocycles. The average molecular weight is 332 g/mol. The summed E-state index contributed by atoms with van der Waals surface area (Å²) in [6, 6.07) is 5.30. The second-order valence-corrected chi connectivity index (χ2v) is 5.63. The Morgan fingerprint density at radius 2 is 2.05 bits per heavy atom. The number of halogens is 2. The van der Waals surface area contributed by atoms with E-state index < -0.39 is 5.79 Å². The predicted molar refractivity (Wildman–Crippen MR) is 83.2 cm³/mol. The monoisotopic (exact) mass is 331 g/mol. The summed E-state index contributed by atoms with van der Waals surface area (Å²) in [5.74, 6) is -0.554. The molecule has 2 rings (SSSR count). The van der Waals surface area contributed by atoms with Gasteiger partial charge in [-0.15, -0.1) is 0 Å². The molecule has 4 nitrogen and oxygen atoms in total. The fourth-order valence-electron chi connectivity index (χ4n) is 2.42. The smallest absolute Gasteiger partial charge is 0.196 e. The molecule has 1 heterocycles. The van der Waals surface area contributed by atoms with Crippen molar-refractivity contribution >= 4 is 29.1 Å². The molecule has 116 valence electrons. The molecule has 0 amide bonds. The molecule has 6 heteroatoms. The molecule has 1 aliphatic rings. The Morgan fingerprint density at radius 3 is 2.67 bits per heavy atom. The molecular formula is C15H19Cl2NO3. The van der Waals surface area contributed by atoms with Crippen LogP contribution >= 0.6 is 23.2 Å². The molecule has 0 aromatic heterocycles. The zero-order chi connectivity index (χ0) is 15.3. The number of hydrogen-bond acceptors (Lipinski definition) is 4. The Bertz CT molecular complexity index is 502. The van der Waals surface area contributed by atoms with Gasteiger partial charge in [-0.25, -0.2) is 0 Å². The van der Waals surface area contributed by atoms with E-state index >= 15 is 0 Å². The van der Waals surface area contributed by atoms with E-state index in [9.17, 15) is 0 Å². The van der Waals surface area contributed by atoms with Gasteiger partial charge >= 0.3 is 0 Å². The topological polar surface area (TPSA) is 51.5 Å². The van der Waals surface area contributed by atoms with Crippen LogP contribution in [-0.4, -0.2) is 25.7 Å². The van der Waals surface area contributed by atoms with E-state index in [-0.39, 0.29) is 5.90 Å². The van der Waals surface area contributed by atoms with E-state index in [2.05, 4.69) is 0 Å². The first-order valence-corrected chi connectivity index (χ1v) is 7.76. The lowest BCUT2D eigenvalue weighted by molar-refractivity contribution is -0.171. The van der Waals surface area contributed by atoms with Crippen molar-refractivity contribution in [2.24, 2.45) is 0 Å². The molecule has 0 saturated carbocycles. The number of nitrogens with one attached hydrogen (secondary N) is 1. The largest absolute Gasteiger partial charge is 0.481 e. The van der Waals surface area contributed by atoms with Crippen molar-refractivity contribution in [3.8, 4) is 0 Å². The van der Waals surface area contributed by atoms with Gasteiger partial charge in [-0.2, -0.15) is 0 Å². The molecule has 0 spiro atoms. The first-order chi connectivity index (χ1) is 10.1. The van der Waals surface area contributed by atoms with E-state index in [1.165, 1.54) is 0 Å². The number of hydrogen-bond donors (Lipinski definition) is 1. The van der Waals surface area contributed by atoms with Crippen molar-refractivity contribution in [3.05, 3.63) is 33.8 Å². The maximum absolute atomic E-state index is 7.65. The number of benzene rings is 1. The molecule has 0 unspecified atom stereocenters. The molecular weight excluding hydrogens is 313 g/mol. The molecule has 1 aromatic rings. The van der Waals surface area contributed by atoms with Gasteiger partial charge in [0.2, 0.25) is 0 Å². The molecule has 0 bridgehead atoms. The standard InChI is InChI=1S/C15H19Cl2NO3/c1-2-19-14(18)4-3-7-15(20-8-9-21-15)12-6-5-11(16)10-13(12)17/h5-6,10,18H,2-4,7-9H2,1H3. The van der Waals surface area contributed by atoms with Crippen molar-refractivity contribution in [3.63, 3.8) is 0 Å². The number of rotatable bonds is 6. The normalized spacial score (nSPS) is 16.9. The van der Waals surface area contributed by atoms with E-state index in [4.69, 9.17) is 42.8 Å². The van der Waals surface area contributed by atoms with Gasteiger partial charge in [0.25, 0.3) is 0 Å². The minimum atomic E-state index is -0.839. The van der Waals surface area contributed by atoms with Gasteiger partial charge in [0.15, 0.2) is 11.7 Å². The Labute approximate surface area is 134 Å². The first-order valence-electron chi connectivity index (χ1n) is 7.01. The maximum atomic E-state index is 7.65. The molecule has 21 heavy (non-hydrogen) atoms. The van der Waals surface area contributed by atoms with Gasteiger partial charge in [-0.3, -0.25) is 5.41 Å². The lowest BCUT2D eigenvalue weighted by Gasteiger charge is -2.29. The van der Waals surface area contributed by atoms with Crippen LogP contribution < -0.4 is 0 Å². The van der Waals surface area contributed by atoms with Crippen molar-refractivity contribution in [1.29, 1.82) is 5.41 Å². The summed E-state index contributed by atoms with van der Waals surface area (Å²) in [6.45, 7) is 3.44. The summed E-state index contributed by atoms with van der Waals surface area (Å²) >= 11 is 12.2. The zero-order valence-corrected chi connectivity index (χ0v) is 13.5. The molecule has 0 aliphatic carbocycles. The Hall–Kier alpha value is -0.810. The molecule has 0 radical (unpaired) electrons. The van der Waals surface area contributed by atoms with Crippen LogP contribution in [0.25, 0.3) is 0 Å². The van der Waals surface area contributed by atoms with Gasteiger partial charge in [0.1, 0.15) is 0 Å². The fourth-order valence-corrected chi connectivity index (χ4v) is 2.97. The lowest BCUT2D eigenvalue weighted by atomic mass is 9.99. The summed E-state index contributed by atoms with van der Waals surface area (Å²) < 4.78 is 16.8. The minimum Gasteiger partial charge on any atom is -0.481 e. The highest BCUT2D eigenvalue weighted by Gasteiger charge is 2.39. The molecule has 1 N–H and O–H groups in total. The van der Waals surface area contributed by atoms with Crippen LogP contribution in [0.4, 0.5) is 0 Å². The Balaban J connectivity index is 2.08. The van der Waals surface area contributed by atoms with Gasteiger partial charge in [0.05, 0.1) is 24.8 Å². The summed E-state index contributed by atoms with van der Waals surface area (Å²) in [5.41, 5.74) is 0.786. The van der Waals surface area contributed by atoms with Crippen LogP contribution in [0.3, 0.4) is 0 Å². The Morgan fingerprint density at radius 1 is 1.33 bits per heavy atom. The predicted octanol–water partition coefficient (Wildman–Crippen LogP) is 4.38. The van der Waals surface area contributed by atoms with Crippen LogP contribution in [0.15, 0.2) is 18.2 Å². The third-order valence-electron chi connectivity index (χ3n) is 3.32. The van der Waals surface area contributed by atoms with Crippen LogP contribution in [0.1, 0.15) is 31.7 Å². The third-order valence-corrected chi connectivity index (χ3v) is 3.87. The SMILES string of the molecule is CCOC(=N)CCCC1(c2ccc(Cl)cc2Cl)OCCO1. The molecule has 1 saturated heterocycles. The van der Waals surface area contributed by atoms with Crippen molar-refractivity contribution in [2.75, 3.05) is 19.8 Å². The van der Waals surface area contributed by atoms with Crippen molar-refractivity contribution in [1.82, 2.24) is 0 Å². The van der Waals surface area contributed by atoms with Gasteiger partial charge in [-0.05, 0) is 25.5 Å². The average Bonchev–Trinajstić information content (AvgIpc) is 2.88. The highest BCUT2D eigenvalue weighted by Crippen LogP contribution is 2.40. The van der Waals surface area contributed by atoms with E-state index in [1.54, 1.807) is 12.1 Å². The quantitative estimate of drug-likeness (QED) is 0.621.